The number of hydrogen-bond acceptors (Lipinski definition) is 5. The Balaban J connectivity index is 0.00000144. The van der Waals surface area contributed by atoms with E-state index in [0.717, 1.165) is 0 Å². The van der Waals surface area contributed by atoms with Gasteiger partial charge in [-0.3, -0.25) is 4.72 Å². The number of benzene rings is 1. The zero-order chi connectivity index (χ0) is 11.6. The molecule has 17 heavy (non-hydrogen) atoms. The fraction of sp³-hybridized carbons (Fsp3) is 0. The van der Waals surface area contributed by atoms with Gasteiger partial charge in [-0.15, -0.1) is 11.3 Å². The molecule has 0 saturated heterocycles. The number of thiazole rings is 1. The van der Waals surface area contributed by atoms with Crippen LogP contribution in [0.15, 0.2) is 40.7 Å². The molecule has 1 aromatic heterocycles. The first kappa shape index (κ1) is 14.5. The fourth-order valence-electron chi connectivity index (χ4n) is 1.09. The second-order valence-corrected chi connectivity index (χ2v) is 5.59. The Morgan fingerprint density at radius 3 is 2.41 bits per heavy atom. The van der Waals surface area contributed by atoms with Crippen LogP contribution in [-0.4, -0.2) is 43.0 Å². The van der Waals surface area contributed by atoms with Crippen LogP contribution in [0.25, 0.3) is 0 Å². The van der Waals surface area contributed by atoms with Crippen LogP contribution in [0.2, 0.25) is 0 Å². The second-order valence-electron chi connectivity index (χ2n) is 3.01. The van der Waals surface area contributed by atoms with Crippen LogP contribution in [0.1, 0.15) is 0 Å². The molecule has 2 rings (SSSR count). The normalized spacial score (nSPS) is 10.6. The standard InChI is InChI=1S/C9H9N3O2S2.Na/c10-7-1-3-8(4-2-7)16(13,14)12-9-11-5-6-15-9;/h1-6H,10H2,(H,11,12);. The third-order valence-electron chi connectivity index (χ3n) is 1.84. The third kappa shape index (κ3) is 3.68. The minimum Gasteiger partial charge on any atom is -0.399 e. The minimum atomic E-state index is -3.56. The van der Waals surface area contributed by atoms with Crippen molar-refractivity contribution >= 4 is 61.7 Å². The summed E-state index contributed by atoms with van der Waals surface area (Å²) in [5.74, 6) is 0. The van der Waals surface area contributed by atoms with Crippen molar-refractivity contribution in [2.45, 2.75) is 4.90 Å². The Hall–Kier alpha value is -0.600. The Bertz CT molecular complexity index is 567. The molecule has 8 heteroatoms. The molecule has 0 aliphatic rings. The topological polar surface area (TPSA) is 85.1 Å². The molecule has 1 radical (unpaired) electrons. The molecule has 0 fully saturated rings. The van der Waals surface area contributed by atoms with Crippen molar-refractivity contribution in [3.63, 3.8) is 0 Å². The summed E-state index contributed by atoms with van der Waals surface area (Å²) >= 11 is 1.22. The molecule has 0 unspecified atom stereocenters. The van der Waals surface area contributed by atoms with E-state index in [1.165, 1.54) is 41.8 Å². The first-order valence-corrected chi connectivity index (χ1v) is 6.72. The van der Waals surface area contributed by atoms with Crippen LogP contribution >= 0.6 is 11.3 Å². The molecule has 85 valence electrons. The average molecular weight is 278 g/mol. The van der Waals surface area contributed by atoms with Gasteiger partial charge in [-0.2, -0.15) is 0 Å². The Kier molecular flexibility index (Phi) is 4.96. The molecule has 0 aliphatic heterocycles. The summed E-state index contributed by atoms with van der Waals surface area (Å²) in [7, 11) is -3.56. The van der Waals surface area contributed by atoms with Gasteiger partial charge in [-0.05, 0) is 24.3 Å². The predicted octanol–water partition coefficient (Wildman–Crippen LogP) is 1.15. The van der Waals surface area contributed by atoms with Gasteiger partial charge in [0.1, 0.15) is 0 Å². The molecule has 1 aromatic carbocycles. The summed E-state index contributed by atoms with van der Waals surface area (Å²) < 4.78 is 26.0. The SMILES string of the molecule is Nc1ccc(S(=O)(=O)Nc2nccs2)cc1.[Na]. The molecular formula is C9H9N3NaO2S2. The fourth-order valence-corrected chi connectivity index (χ4v) is 2.88. The first-order valence-electron chi connectivity index (χ1n) is 4.36. The summed E-state index contributed by atoms with van der Waals surface area (Å²) in [5, 5.41) is 2.04. The van der Waals surface area contributed by atoms with Gasteiger partial charge >= 0.3 is 0 Å². The molecule has 0 spiro atoms. The van der Waals surface area contributed by atoms with Crippen LogP contribution in [0, 0.1) is 0 Å². The van der Waals surface area contributed by atoms with E-state index in [9.17, 15) is 8.42 Å². The van der Waals surface area contributed by atoms with Gasteiger partial charge in [0.2, 0.25) is 0 Å². The molecule has 1 heterocycles. The van der Waals surface area contributed by atoms with Gasteiger partial charge < -0.3 is 5.73 Å². The molecule has 0 amide bonds. The van der Waals surface area contributed by atoms with Gasteiger partial charge in [0, 0.05) is 46.8 Å². The van der Waals surface area contributed by atoms with Gasteiger partial charge in [0.15, 0.2) is 5.13 Å². The summed E-state index contributed by atoms with van der Waals surface area (Å²) in [6.07, 6.45) is 1.53. The first-order chi connectivity index (χ1) is 7.58. The number of hydrogen-bond donors (Lipinski definition) is 2. The molecule has 2 aromatic rings. The Morgan fingerprint density at radius 1 is 1.24 bits per heavy atom. The number of nitrogen functional groups attached to an aromatic ring is 1. The molecule has 0 atom stereocenters. The largest absolute Gasteiger partial charge is 0.399 e. The van der Waals surface area contributed by atoms with Gasteiger partial charge in [-0.25, -0.2) is 13.4 Å². The molecule has 0 saturated carbocycles. The van der Waals surface area contributed by atoms with E-state index in [-0.39, 0.29) is 34.5 Å². The quantitative estimate of drug-likeness (QED) is 0.651. The second kappa shape index (κ2) is 5.83. The molecular weight excluding hydrogens is 269 g/mol. The number of nitrogens with two attached hydrogens (primary N) is 1. The van der Waals surface area contributed by atoms with Gasteiger partial charge in [0.05, 0.1) is 4.90 Å². The molecule has 5 nitrogen and oxygen atoms in total. The Morgan fingerprint density at radius 2 is 1.88 bits per heavy atom. The number of aromatic nitrogens is 1. The number of nitrogens with one attached hydrogen (secondary N) is 1. The average Bonchev–Trinajstić information content (AvgIpc) is 2.70. The van der Waals surface area contributed by atoms with E-state index >= 15 is 0 Å². The van der Waals surface area contributed by atoms with Crippen LogP contribution in [0.5, 0.6) is 0 Å². The van der Waals surface area contributed by atoms with E-state index in [4.69, 9.17) is 5.73 Å². The van der Waals surface area contributed by atoms with Crippen LogP contribution in [0.3, 0.4) is 0 Å². The van der Waals surface area contributed by atoms with Crippen LogP contribution in [0.4, 0.5) is 10.8 Å². The smallest absolute Gasteiger partial charge is 0.263 e. The zero-order valence-electron chi connectivity index (χ0n) is 9.12. The van der Waals surface area contributed by atoms with Crippen molar-refractivity contribution in [1.29, 1.82) is 0 Å². The van der Waals surface area contributed by atoms with Crippen LogP contribution < -0.4 is 10.5 Å². The van der Waals surface area contributed by atoms with Crippen molar-refractivity contribution in [2.24, 2.45) is 0 Å². The predicted molar refractivity (Wildman–Crippen MR) is 69.5 cm³/mol. The van der Waals surface area contributed by atoms with Gasteiger partial charge in [0.25, 0.3) is 10.0 Å². The number of nitrogens with zero attached hydrogens (tertiary/aromatic N) is 1. The van der Waals surface area contributed by atoms with Crippen LogP contribution in [-0.2, 0) is 10.0 Å². The van der Waals surface area contributed by atoms with Crippen molar-refractivity contribution in [3.8, 4) is 0 Å². The molecule has 0 bridgehead atoms. The van der Waals surface area contributed by atoms with E-state index in [1.807, 2.05) is 0 Å². The van der Waals surface area contributed by atoms with Crippen molar-refractivity contribution < 1.29 is 8.42 Å². The van der Waals surface area contributed by atoms with E-state index in [2.05, 4.69) is 9.71 Å². The summed E-state index contributed by atoms with van der Waals surface area (Å²) in [6, 6.07) is 5.98. The minimum absolute atomic E-state index is 0. The van der Waals surface area contributed by atoms with Gasteiger partial charge in [-0.1, -0.05) is 0 Å². The molecule has 3 N–H and O–H groups in total. The van der Waals surface area contributed by atoms with Crippen molar-refractivity contribution in [3.05, 3.63) is 35.8 Å². The van der Waals surface area contributed by atoms with Crippen molar-refractivity contribution in [2.75, 3.05) is 10.5 Å². The number of sulfonamides is 1. The zero-order valence-corrected chi connectivity index (χ0v) is 12.8. The maximum Gasteiger partial charge on any atom is 0.263 e. The monoisotopic (exact) mass is 278 g/mol. The Labute approximate surface area is 125 Å². The van der Waals surface area contributed by atoms with Crippen molar-refractivity contribution in [1.82, 2.24) is 4.98 Å². The van der Waals surface area contributed by atoms with E-state index < -0.39 is 10.0 Å². The maximum absolute atomic E-state index is 11.8. The molecule has 0 aliphatic carbocycles. The summed E-state index contributed by atoms with van der Waals surface area (Å²) in [4.78, 5) is 4.01. The maximum atomic E-state index is 11.8. The number of anilines is 2. The van der Waals surface area contributed by atoms with E-state index in [1.54, 1.807) is 5.38 Å². The third-order valence-corrected chi connectivity index (χ3v) is 4.02. The summed E-state index contributed by atoms with van der Waals surface area (Å²) in [6.45, 7) is 0. The van der Waals surface area contributed by atoms with E-state index in [0.29, 0.717) is 10.8 Å². The number of rotatable bonds is 3. The summed E-state index contributed by atoms with van der Waals surface area (Å²) in [5.41, 5.74) is 6.00.